The first kappa shape index (κ1) is 15.6. The van der Waals surface area contributed by atoms with Crippen molar-refractivity contribution < 1.29 is 9.59 Å². The van der Waals surface area contributed by atoms with E-state index >= 15 is 0 Å². The van der Waals surface area contributed by atoms with Crippen molar-refractivity contribution in [2.45, 2.75) is 12.6 Å². The van der Waals surface area contributed by atoms with Crippen molar-refractivity contribution in [3.05, 3.63) is 48.1 Å². The molecule has 0 spiro atoms. The molecule has 3 rings (SSSR count). The number of likely N-dealkylation sites (tertiary alicyclic amines) is 1. The molecule has 1 aliphatic rings. The summed E-state index contributed by atoms with van der Waals surface area (Å²) in [5.74, 6) is -0.0662. The van der Waals surface area contributed by atoms with E-state index in [1.165, 1.54) is 6.08 Å². The highest BCUT2D eigenvalue weighted by Gasteiger charge is 2.34. The monoisotopic (exact) mass is 331 g/mol. The molecule has 0 aliphatic carbocycles. The lowest BCUT2D eigenvalue weighted by molar-refractivity contribution is -0.142. The Kier molecular flexibility index (Phi) is 4.13. The molecule has 0 saturated carbocycles. The van der Waals surface area contributed by atoms with Gasteiger partial charge in [-0.25, -0.2) is 0 Å². The minimum atomic E-state index is -0.0876. The smallest absolute Gasteiger partial charge is 0.246 e. The quantitative estimate of drug-likeness (QED) is 0.806. The second-order valence-corrected chi connectivity index (χ2v) is 6.19. The molecule has 2 heterocycles. The van der Waals surface area contributed by atoms with Crippen molar-refractivity contribution in [1.29, 1.82) is 0 Å². The van der Waals surface area contributed by atoms with Crippen LogP contribution in [0.2, 0.25) is 5.02 Å². The van der Waals surface area contributed by atoms with Crippen LogP contribution in [0.1, 0.15) is 0 Å². The Morgan fingerprint density at radius 1 is 1.39 bits per heavy atom. The third-order valence-electron chi connectivity index (χ3n) is 4.33. The van der Waals surface area contributed by atoms with Crippen LogP contribution in [0.25, 0.3) is 10.9 Å². The molecule has 6 heteroatoms. The van der Waals surface area contributed by atoms with Crippen LogP contribution < -0.4 is 0 Å². The number of rotatable bonds is 4. The summed E-state index contributed by atoms with van der Waals surface area (Å²) >= 11 is 5.98. The summed E-state index contributed by atoms with van der Waals surface area (Å²) in [5, 5.41) is 1.69. The summed E-state index contributed by atoms with van der Waals surface area (Å²) in [6.45, 7) is 4.87. The zero-order valence-corrected chi connectivity index (χ0v) is 13.7. The number of benzene rings is 1. The first-order valence-corrected chi connectivity index (χ1v) is 7.79. The van der Waals surface area contributed by atoms with Gasteiger partial charge in [0.05, 0.1) is 6.04 Å². The van der Waals surface area contributed by atoms with Crippen LogP contribution in [-0.2, 0) is 16.1 Å². The van der Waals surface area contributed by atoms with Gasteiger partial charge in [-0.3, -0.25) is 9.59 Å². The van der Waals surface area contributed by atoms with Crippen LogP contribution in [0.4, 0.5) is 0 Å². The molecule has 1 aliphatic heterocycles. The van der Waals surface area contributed by atoms with Crippen molar-refractivity contribution in [3.63, 3.8) is 0 Å². The maximum atomic E-state index is 12.5. The van der Waals surface area contributed by atoms with Gasteiger partial charge in [-0.05, 0) is 30.3 Å². The van der Waals surface area contributed by atoms with Gasteiger partial charge in [-0.15, -0.1) is 0 Å². The summed E-state index contributed by atoms with van der Waals surface area (Å²) in [6, 6.07) is 7.63. The first-order chi connectivity index (χ1) is 11.0. The highest BCUT2D eigenvalue weighted by molar-refractivity contribution is 6.31. The largest absolute Gasteiger partial charge is 0.338 e. The summed E-state index contributed by atoms with van der Waals surface area (Å²) < 4.78 is 1.91. The number of nitrogens with zero attached hydrogens (tertiary/aromatic N) is 3. The van der Waals surface area contributed by atoms with Gasteiger partial charge >= 0.3 is 0 Å². The zero-order chi connectivity index (χ0) is 16.6. The van der Waals surface area contributed by atoms with Crippen molar-refractivity contribution in [1.82, 2.24) is 14.4 Å². The SMILES string of the molecule is C=CC(=O)N1CC(N(C)C(=O)Cn2ccc3cc(Cl)ccc32)C1. The number of amides is 2. The van der Waals surface area contributed by atoms with Gasteiger partial charge in [0, 0.05) is 42.3 Å². The molecule has 1 fully saturated rings. The number of fused-ring (bicyclic) bond motifs is 1. The molecule has 0 atom stereocenters. The second-order valence-electron chi connectivity index (χ2n) is 5.75. The molecule has 0 bridgehead atoms. The highest BCUT2D eigenvalue weighted by atomic mass is 35.5. The molecule has 0 unspecified atom stereocenters. The molecular weight excluding hydrogens is 314 g/mol. The normalized spacial score (nSPS) is 14.6. The maximum absolute atomic E-state index is 12.5. The molecule has 2 aromatic rings. The minimum Gasteiger partial charge on any atom is -0.338 e. The van der Waals surface area contributed by atoms with Gasteiger partial charge in [0.15, 0.2) is 0 Å². The molecule has 1 saturated heterocycles. The fraction of sp³-hybridized carbons (Fsp3) is 0.294. The number of hydrogen-bond donors (Lipinski definition) is 0. The predicted molar refractivity (Wildman–Crippen MR) is 90.3 cm³/mol. The van der Waals surface area contributed by atoms with Gasteiger partial charge in [0.2, 0.25) is 11.8 Å². The average Bonchev–Trinajstić information content (AvgIpc) is 2.87. The van der Waals surface area contributed by atoms with Crippen LogP contribution >= 0.6 is 11.6 Å². The van der Waals surface area contributed by atoms with Crippen molar-refractivity contribution >= 4 is 34.3 Å². The number of carbonyl (C=O) groups excluding carboxylic acids is 2. The second kappa shape index (κ2) is 6.08. The van der Waals surface area contributed by atoms with Gasteiger partial charge < -0.3 is 14.4 Å². The standard InChI is InChI=1S/C17H18ClN3O2/c1-3-16(22)21-9-14(10-21)19(2)17(23)11-20-7-6-12-8-13(18)4-5-15(12)20/h3-8,14H,1,9-11H2,2H3. The van der Waals surface area contributed by atoms with Crippen LogP contribution in [0, 0.1) is 0 Å². The Labute approximate surface area is 139 Å². The van der Waals surface area contributed by atoms with Crippen LogP contribution in [0.3, 0.4) is 0 Å². The Hall–Kier alpha value is -2.27. The van der Waals surface area contributed by atoms with Gasteiger partial charge in [-0.2, -0.15) is 0 Å². The lowest BCUT2D eigenvalue weighted by Crippen LogP contribution is -2.61. The van der Waals surface area contributed by atoms with Crippen LogP contribution in [0.5, 0.6) is 0 Å². The molecule has 1 aromatic carbocycles. The number of likely N-dealkylation sites (N-methyl/N-ethyl adjacent to an activating group) is 1. The molecule has 5 nitrogen and oxygen atoms in total. The third kappa shape index (κ3) is 2.97. The molecule has 1 aromatic heterocycles. The van der Waals surface area contributed by atoms with E-state index < -0.39 is 0 Å². The van der Waals surface area contributed by atoms with E-state index in [9.17, 15) is 9.59 Å². The van der Waals surface area contributed by atoms with Gasteiger partial charge in [-0.1, -0.05) is 18.2 Å². The van der Waals surface area contributed by atoms with E-state index in [2.05, 4.69) is 6.58 Å². The molecule has 0 N–H and O–H groups in total. The lowest BCUT2D eigenvalue weighted by Gasteiger charge is -2.43. The Morgan fingerprint density at radius 3 is 2.83 bits per heavy atom. The predicted octanol–water partition coefficient (Wildman–Crippen LogP) is 2.15. The summed E-state index contributed by atoms with van der Waals surface area (Å²) in [5.41, 5.74) is 0.980. The van der Waals surface area contributed by atoms with Crippen molar-refractivity contribution in [2.75, 3.05) is 20.1 Å². The first-order valence-electron chi connectivity index (χ1n) is 7.41. The molecule has 2 amide bonds. The van der Waals surface area contributed by atoms with E-state index in [1.807, 2.05) is 35.0 Å². The van der Waals surface area contributed by atoms with E-state index in [4.69, 9.17) is 11.6 Å². The van der Waals surface area contributed by atoms with E-state index in [0.29, 0.717) is 18.1 Å². The fourth-order valence-electron chi connectivity index (χ4n) is 2.78. The Bertz CT molecular complexity index is 777. The fourth-order valence-corrected chi connectivity index (χ4v) is 2.96. The summed E-state index contributed by atoms with van der Waals surface area (Å²) in [7, 11) is 1.78. The molecular formula is C17H18ClN3O2. The minimum absolute atomic E-state index is 0.0214. The summed E-state index contributed by atoms with van der Waals surface area (Å²) in [6.07, 6.45) is 3.19. The molecule has 23 heavy (non-hydrogen) atoms. The van der Waals surface area contributed by atoms with E-state index in [-0.39, 0.29) is 24.4 Å². The van der Waals surface area contributed by atoms with Crippen LogP contribution in [-0.4, -0.2) is 52.4 Å². The lowest BCUT2D eigenvalue weighted by atomic mass is 10.1. The summed E-state index contributed by atoms with van der Waals surface area (Å²) in [4.78, 5) is 27.3. The number of carbonyl (C=O) groups is 2. The maximum Gasteiger partial charge on any atom is 0.246 e. The van der Waals surface area contributed by atoms with E-state index in [1.54, 1.807) is 16.8 Å². The van der Waals surface area contributed by atoms with E-state index in [0.717, 1.165) is 10.9 Å². The van der Waals surface area contributed by atoms with Gasteiger partial charge in [0.1, 0.15) is 6.54 Å². The third-order valence-corrected chi connectivity index (χ3v) is 4.56. The number of aromatic nitrogens is 1. The van der Waals surface area contributed by atoms with Gasteiger partial charge in [0.25, 0.3) is 0 Å². The topological polar surface area (TPSA) is 45.6 Å². The number of hydrogen-bond acceptors (Lipinski definition) is 2. The Balaban J connectivity index is 1.64. The average molecular weight is 332 g/mol. The number of halogens is 1. The molecule has 0 radical (unpaired) electrons. The van der Waals surface area contributed by atoms with Crippen molar-refractivity contribution in [3.8, 4) is 0 Å². The van der Waals surface area contributed by atoms with Crippen LogP contribution in [0.15, 0.2) is 43.1 Å². The van der Waals surface area contributed by atoms with Crippen molar-refractivity contribution in [2.24, 2.45) is 0 Å². The highest BCUT2D eigenvalue weighted by Crippen LogP contribution is 2.21. The Morgan fingerprint density at radius 2 is 2.13 bits per heavy atom. The zero-order valence-electron chi connectivity index (χ0n) is 12.9. The molecule has 120 valence electrons.